The Labute approximate surface area is 312 Å². The van der Waals surface area contributed by atoms with Gasteiger partial charge in [-0.15, -0.1) is 0 Å². The molecule has 0 aliphatic heterocycles. The molecule has 0 spiro atoms. The smallest absolute Gasteiger partial charge is 0.0991 e. The summed E-state index contributed by atoms with van der Waals surface area (Å²) in [6, 6.07) is 68.2. The second-order valence-electron chi connectivity index (χ2n) is 13.7. The normalized spacial score (nSPS) is 11.3. The predicted octanol–water partition coefficient (Wildman–Crippen LogP) is 12.6. The Bertz CT molecular complexity index is 3170. The lowest BCUT2D eigenvalue weighted by Crippen LogP contribution is -1.96. The van der Waals surface area contributed by atoms with Crippen LogP contribution in [-0.4, -0.2) is 9.13 Å². The van der Waals surface area contributed by atoms with Crippen molar-refractivity contribution in [1.82, 2.24) is 9.13 Å². The molecule has 2 aromatic heterocycles. The topological polar surface area (TPSA) is 57.4 Å². The van der Waals surface area contributed by atoms with Crippen molar-refractivity contribution in [3.63, 3.8) is 0 Å². The van der Waals surface area contributed by atoms with Gasteiger partial charge in [-0.1, -0.05) is 91.0 Å². The van der Waals surface area contributed by atoms with Gasteiger partial charge in [0.05, 0.1) is 45.3 Å². The van der Waals surface area contributed by atoms with Crippen molar-refractivity contribution in [1.29, 1.82) is 10.5 Å². The molecule has 0 fully saturated rings. The number of hydrogen-bond donors (Lipinski definition) is 0. The number of para-hydroxylation sites is 3. The average Bonchev–Trinajstić information content (AvgIpc) is 3.76. The molecule has 250 valence electrons. The Balaban J connectivity index is 1.22. The summed E-state index contributed by atoms with van der Waals surface area (Å²) in [5.41, 5.74) is 14.5. The number of hydrogen-bond acceptors (Lipinski definition) is 2. The molecule has 10 aromatic rings. The molecule has 0 atom stereocenters. The van der Waals surface area contributed by atoms with Crippen molar-refractivity contribution < 1.29 is 0 Å². The van der Waals surface area contributed by atoms with E-state index in [1.54, 1.807) is 0 Å². The fourth-order valence-electron chi connectivity index (χ4n) is 8.02. The molecule has 0 amide bonds. The Hall–Kier alpha value is -7.66. The number of rotatable bonds is 5. The lowest BCUT2D eigenvalue weighted by molar-refractivity contribution is 1.18. The van der Waals surface area contributed by atoms with Crippen molar-refractivity contribution in [2.75, 3.05) is 0 Å². The average molecular weight is 687 g/mol. The largest absolute Gasteiger partial charge is 0.309 e. The predicted molar refractivity (Wildman–Crippen MR) is 221 cm³/mol. The van der Waals surface area contributed by atoms with E-state index >= 15 is 0 Å². The third-order valence-corrected chi connectivity index (χ3v) is 10.5. The van der Waals surface area contributed by atoms with E-state index in [0.29, 0.717) is 11.1 Å². The highest BCUT2D eigenvalue weighted by Gasteiger charge is 2.17. The van der Waals surface area contributed by atoms with Gasteiger partial charge < -0.3 is 9.13 Å². The standard InChI is InChI=1S/C50H30N4/c51-31-33-17-20-35(21-18-33)36-9-8-10-37(26-36)39-27-40(29-42(28-39)54-48-16-7-4-13-43(48)45-25-34(32-52)19-23-49(45)54)38-22-24-50-46(30-38)44-14-5-6-15-47(44)53(50)41-11-2-1-3-12-41/h1-30H. The number of benzene rings is 8. The summed E-state index contributed by atoms with van der Waals surface area (Å²) >= 11 is 0. The third-order valence-electron chi connectivity index (χ3n) is 10.5. The summed E-state index contributed by atoms with van der Waals surface area (Å²) in [5, 5.41) is 23.7. The van der Waals surface area contributed by atoms with Gasteiger partial charge >= 0.3 is 0 Å². The number of nitrogens with zero attached hydrogens (tertiary/aromatic N) is 4. The van der Waals surface area contributed by atoms with Crippen molar-refractivity contribution in [2.24, 2.45) is 0 Å². The van der Waals surface area contributed by atoms with E-state index in [-0.39, 0.29) is 0 Å². The lowest BCUT2D eigenvalue weighted by Gasteiger charge is -2.15. The Morgan fingerprint density at radius 3 is 1.44 bits per heavy atom. The highest BCUT2D eigenvalue weighted by atomic mass is 15.0. The zero-order valence-corrected chi connectivity index (χ0v) is 29.1. The molecule has 10 rings (SSSR count). The summed E-state index contributed by atoms with van der Waals surface area (Å²) in [6.07, 6.45) is 0. The van der Waals surface area contributed by atoms with E-state index in [9.17, 15) is 10.5 Å². The first-order chi connectivity index (χ1) is 26.7. The minimum Gasteiger partial charge on any atom is -0.309 e. The summed E-state index contributed by atoms with van der Waals surface area (Å²) in [7, 11) is 0. The molecule has 0 radical (unpaired) electrons. The van der Waals surface area contributed by atoms with Crippen molar-refractivity contribution in [2.45, 2.75) is 0 Å². The van der Waals surface area contributed by atoms with Crippen LogP contribution in [-0.2, 0) is 0 Å². The van der Waals surface area contributed by atoms with Crippen LogP contribution >= 0.6 is 0 Å². The summed E-state index contributed by atoms with van der Waals surface area (Å²) in [5.74, 6) is 0. The first-order valence-corrected chi connectivity index (χ1v) is 18.0. The SMILES string of the molecule is N#Cc1ccc(-c2cccc(-c3cc(-c4ccc5c(c4)c4ccccc4n5-c4ccccc4)cc(-n4c5ccccc5c5cc(C#N)ccc54)c3)c2)cc1. The molecule has 0 aliphatic rings. The van der Waals surface area contributed by atoms with E-state index < -0.39 is 0 Å². The second-order valence-corrected chi connectivity index (χ2v) is 13.7. The Morgan fingerprint density at radius 1 is 0.296 bits per heavy atom. The van der Waals surface area contributed by atoms with E-state index in [2.05, 4.69) is 167 Å². The zero-order valence-electron chi connectivity index (χ0n) is 29.1. The summed E-state index contributed by atoms with van der Waals surface area (Å²) < 4.78 is 4.67. The molecule has 0 saturated carbocycles. The molecule has 0 unspecified atom stereocenters. The lowest BCUT2D eigenvalue weighted by atomic mass is 9.94. The molecule has 4 nitrogen and oxygen atoms in total. The van der Waals surface area contributed by atoms with Gasteiger partial charge in [-0.3, -0.25) is 0 Å². The van der Waals surface area contributed by atoms with Crippen molar-refractivity contribution >= 4 is 43.6 Å². The zero-order chi connectivity index (χ0) is 36.2. The molecule has 0 bridgehead atoms. The minimum atomic E-state index is 0.641. The van der Waals surface area contributed by atoms with E-state index in [4.69, 9.17) is 0 Å². The van der Waals surface area contributed by atoms with Crippen LogP contribution in [0.3, 0.4) is 0 Å². The molecular weight excluding hydrogens is 657 g/mol. The maximum Gasteiger partial charge on any atom is 0.0991 e. The van der Waals surface area contributed by atoms with Crippen LogP contribution in [0.25, 0.3) is 88.4 Å². The summed E-state index contributed by atoms with van der Waals surface area (Å²) in [6.45, 7) is 0. The Kier molecular flexibility index (Phi) is 7.22. The van der Waals surface area contributed by atoms with Gasteiger partial charge in [0, 0.05) is 32.9 Å². The summed E-state index contributed by atoms with van der Waals surface area (Å²) in [4.78, 5) is 0. The quantitative estimate of drug-likeness (QED) is 0.181. The molecule has 4 heteroatoms. The van der Waals surface area contributed by atoms with E-state index in [0.717, 1.165) is 72.1 Å². The van der Waals surface area contributed by atoms with Crippen LogP contribution < -0.4 is 0 Å². The molecule has 54 heavy (non-hydrogen) atoms. The first-order valence-electron chi connectivity index (χ1n) is 18.0. The van der Waals surface area contributed by atoms with Crippen molar-refractivity contribution in [3.05, 3.63) is 193 Å². The third kappa shape index (κ3) is 5.06. The van der Waals surface area contributed by atoms with Crippen LogP contribution in [0.5, 0.6) is 0 Å². The van der Waals surface area contributed by atoms with Gasteiger partial charge in [-0.25, -0.2) is 0 Å². The van der Waals surface area contributed by atoms with Gasteiger partial charge in [0.25, 0.3) is 0 Å². The van der Waals surface area contributed by atoms with E-state index in [1.807, 2.05) is 36.4 Å². The van der Waals surface area contributed by atoms with Gasteiger partial charge in [0.15, 0.2) is 0 Å². The van der Waals surface area contributed by atoms with Gasteiger partial charge in [0.2, 0.25) is 0 Å². The van der Waals surface area contributed by atoms with Crippen LogP contribution in [0.1, 0.15) is 11.1 Å². The highest BCUT2D eigenvalue weighted by molar-refractivity contribution is 6.11. The van der Waals surface area contributed by atoms with Gasteiger partial charge in [0.1, 0.15) is 0 Å². The minimum absolute atomic E-state index is 0.641. The molecule has 2 heterocycles. The number of fused-ring (bicyclic) bond motifs is 6. The molecule has 0 saturated heterocycles. The number of aromatic nitrogens is 2. The fourth-order valence-corrected chi connectivity index (χ4v) is 8.02. The maximum atomic E-state index is 9.78. The number of nitriles is 2. The maximum absolute atomic E-state index is 9.78. The second kappa shape index (κ2) is 12.5. The monoisotopic (exact) mass is 686 g/mol. The van der Waals surface area contributed by atoms with Crippen LogP contribution in [0.2, 0.25) is 0 Å². The molecule has 8 aromatic carbocycles. The highest BCUT2D eigenvalue weighted by Crippen LogP contribution is 2.39. The van der Waals surface area contributed by atoms with Gasteiger partial charge in [-0.05, 0) is 124 Å². The molecule has 0 aliphatic carbocycles. The van der Waals surface area contributed by atoms with Crippen LogP contribution in [0.15, 0.2) is 182 Å². The van der Waals surface area contributed by atoms with Gasteiger partial charge in [-0.2, -0.15) is 10.5 Å². The van der Waals surface area contributed by atoms with Crippen LogP contribution in [0, 0.1) is 22.7 Å². The van der Waals surface area contributed by atoms with Crippen molar-refractivity contribution in [3.8, 4) is 56.9 Å². The molecular formula is C50H30N4. The fraction of sp³-hybridized carbons (Fsp3) is 0. The van der Waals surface area contributed by atoms with E-state index in [1.165, 1.54) is 16.3 Å². The van der Waals surface area contributed by atoms with Crippen LogP contribution in [0.4, 0.5) is 0 Å². The molecule has 0 N–H and O–H groups in total. The first kappa shape index (κ1) is 31.1. The Morgan fingerprint density at radius 2 is 0.778 bits per heavy atom.